The summed E-state index contributed by atoms with van der Waals surface area (Å²) in [4.78, 5) is 0.135. The van der Waals surface area contributed by atoms with Crippen molar-refractivity contribution in [2.75, 3.05) is 10.6 Å². The Bertz CT molecular complexity index is 1240. The molecule has 4 rings (SSSR count). The van der Waals surface area contributed by atoms with Crippen molar-refractivity contribution in [1.29, 1.82) is 0 Å². The first-order valence-electron chi connectivity index (χ1n) is 10.4. The molecule has 7 heteroatoms. The monoisotopic (exact) mass is 460 g/mol. The van der Waals surface area contributed by atoms with Crippen LogP contribution in [0.1, 0.15) is 11.1 Å². The molecule has 0 aliphatic heterocycles. The SMILES string of the molecule is O=S(=O)(c1ccc(O)c(CNc2ccccc2)c1)c1ccc(O)c(CNc2ccccc2)c1. The minimum absolute atomic E-state index is 0.0100. The fourth-order valence-electron chi connectivity index (χ4n) is 3.38. The summed E-state index contributed by atoms with van der Waals surface area (Å²) in [5.41, 5.74) is 2.65. The zero-order valence-corrected chi connectivity index (χ0v) is 18.6. The van der Waals surface area contributed by atoms with E-state index < -0.39 is 9.84 Å². The van der Waals surface area contributed by atoms with Crippen LogP contribution >= 0.6 is 0 Å². The van der Waals surface area contributed by atoms with E-state index in [9.17, 15) is 18.6 Å². The normalized spacial score (nSPS) is 11.2. The smallest absolute Gasteiger partial charge is 0.206 e. The van der Waals surface area contributed by atoms with Gasteiger partial charge in [0.05, 0.1) is 9.79 Å². The topological polar surface area (TPSA) is 98.7 Å². The van der Waals surface area contributed by atoms with Crippen LogP contribution in [0.3, 0.4) is 0 Å². The van der Waals surface area contributed by atoms with Gasteiger partial charge in [0.25, 0.3) is 0 Å². The Morgan fingerprint density at radius 1 is 0.576 bits per heavy atom. The van der Waals surface area contributed by atoms with Crippen LogP contribution in [0, 0.1) is 0 Å². The lowest BCUT2D eigenvalue weighted by molar-refractivity contribution is 0.468. The van der Waals surface area contributed by atoms with Crippen LogP contribution in [0.2, 0.25) is 0 Å². The van der Waals surface area contributed by atoms with Crippen LogP contribution in [-0.2, 0) is 22.9 Å². The predicted molar refractivity (Wildman–Crippen MR) is 129 cm³/mol. The highest BCUT2D eigenvalue weighted by atomic mass is 32.2. The Labute approximate surface area is 193 Å². The molecule has 4 aromatic carbocycles. The maximum atomic E-state index is 13.3. The molecule has 0 aliphatic rings. The van der Waals surface area contributed by atoms with Gasteiger partial charge in [0.1, 0.15) is 11.5 Å². The van der Waals surface area contributed by atoms with Gasteiger partial charge in [-0.3, -0.25) is 0 Å². The molecule has 0 amide bonds. The van der Waals surface area contributed by atoms with Gasteiger partial charge in [0, 0.05) is 35.6 Å². The fourth-order valence-corrected chi connectivity index (χ4v) is 4.75. The molecular weight excluding hydrogens is 436 g/mol. The average Bonchev–Trinajstić information content (AvgIpc) is 2.84. The van der Waals surface area contributed by atoms with Crippen LogP contribution in [-0.4, -0.2) is 18.6 Å². The van der Waals surface area contributed by atoms with Crippen molar-refractivity contribution in [1.82, 2.24) is 0 Å². The van der Waals surface area contributed by atoms with Crippen molar-refractivity contribution < 1.29 is 18.6 Å². The number of phenols is 2. The van der Waals surface area contributed by atoms with E-state index in [1.165, 1.54) is 36.4 Å². The zero-order valence-electron chi connectivity index (χ0n) is 17.8. The highest BCUT2D eigenvalue weighted by molar-refractivity contribution is 7.91. The first kappa shape index (κ1) is 22.2. The standard InChI is InChI=1S/C26H24N2O4S/c29-25-13-11-23(15-19(25)17-27-21-7-3-1-4-8-21)33(31,32)24-12-14-26(30)20(16-24)18-28-22-9-5-2-6-10-22/h1-16,27-30H,17-18H2. The van der Waals surface area contributed by atoms with Gasteiger partial charge in [-0.15, -0.1) is 0 Å². The number of hydrogen-bond acceptors (Lipinski definition) is 6. The second-order valence-electron chi connectivity index (χ2n) is 7.52. The summed E-state index contributed by atoms with van der Waals surface area (Å²) in [5.74, 6) is 0.0201. The molecule has 0 heterocycles. The molecule has 33 heavy (non-hydrogen) atoms. The first-order valence-corrected chi connectivity index (χ1v) is 11.9. The molecule has 0 radical (unpaired) electrons. The van der Waals surface area contributed by atoms with Gasteiger partial charge in [-0.05, 0) is 60.7 Å². The number of benzene rings is 4. The van der Waals surface area contributed by atoms with E-state index in [4.69, 9.17) is 0 Å². The van der Waals surface area contributed by atoms with E-state index in [0.717, 1.165) is 11.4 Å². The van der Waals surface area contributed by atoms with E-state index in [-0.39, 0.29) is 34.4 Å². The van der Waals surface area contributed by atoms with Gasteiger partial charge < -0.3 is 20.8 Å². The van der Waals surface area contributed by atoms with E-state index in [0.29, 0.717) is 11.1 Å². The maximum Gasteiger partial charge on any atom is 0.206 e. The molecule has 0 spiro atoms. The summed E-state index contributed by atoms with van der Waals surface area (Å²) in [7, 11) is -3.86. The summed E-state index contributed by atoms with van der Waals surface area (Å²) >= 11 is 0. The molecule has 0 saturated carbocycles. The zero-order chi connectivity index (χ0) is 23.3. The lowest BCUT2D eigenvalue weighted by Gasteiger charge is -2.13. The summed E-state index contributed by atoms with van der Waals surface area (Å²) in [5, 5.41) is 26.8. The second-order valence-corrected chi connectivity index (χ2v) is 9.47. The number of rotatable bonds is 8. The highest BCUT2D eigenvalue weighted by Crippen LogP contribution is 2.29. The third kappa shape index (κ3) is 5.27. The van der Waals surface area contributed by atoms with E-state index >= 15 is 0 Å². The third-order valence-corrected chi connectivity index (χ3v) is 6.99. The van der Waals surface area contributed by atoms with Crippen LogP contribution in [0.5, 0.6) is 11.5 Å². The quantitative estimate of drug-likeness (QED) is 0.290. The summed E-state index contributed by atoms with van der Waals surface area (Å²) in [6.07, 6.45) is 0. The highest BCUT2D eigenvalue weighted by Gasteiger charge is 2.20. The number of para-hydroxylation sites is 2. The van der Waals surface area contributed by atoms with Crippen molar-refractivity contribution in [2.24, 2.45) is 0 Å². The molecule has 0 aromatic heterocycles. The number of sulfone groups is 1. The maximum absolute atomic E-state index is 13.3. The first-order chi connectivity index (χ1) is 15.9. The molecule has 6 nitrogen and oxygen atoms in total. The Hall–Kier alpha value is -3.97. The predicted octanol–water partition coefficient (Wildman–Crippen LogP) is 5.15. The summed E-state index contributed by atoms with van der Waals surface area (Å²) in [6.45, 7) is 0.530. The van der Waals surface area contributed by atoms with Gasteiger partial charge in [-0.25, -0.2) is 8.42 Å². The van der Waals surface area contributed by atoms with Crippen molar-refractivity contribution in [2.45, 2.75) is 22.9 Å². The van der Waals surface area contributed by atoms with Gasteiger partial charge in [0.15, 0.2) is 0 Å². The van der Waals surface area contributed by atoms with Gasteiger partial charge in [-0.1, -0.05) is 36.4 Å². The number of aromatic hydroxyl groups is 2. The molecule has 0 fully saturated rings. The number of phenolic OH excluding ortho intramolecular Hbond substituents is 2. The van der Waals surface area contributed by atoms with E-state index in [1.54, 1.807) is 0 Å². The minimum Gasteiger partial charge on any atom is -0.508 e. The molecule has 0 aliphatic carbocycles. The molecule has 0 saturated heterocycles. The van der Waals surface area contributed by atoms with Crippen LogP contribution < -0.4 is 10.6 Å². The third-order valence-electron chi connectivity index (χ3n) is 5.24. The molecule has 4 N–H and O–H groups in total. The van der Waals surface area contributed by atoms with Gasteiger partial charge in [-0.2, -0.15) is 0 Å². The van der Waals surface area contributed by atoms with Crippen molar-refractivity contribution in [3.63, 3.8) is 0 Å². The van der Waals surface area contributed by atoms with E-state index in [2.05, 4.69) is 10.6 Å². The van der Waals surface area contributed by atoms with Gasteiger partial charge in [0.2, 0.25) is 9.84 Å². The number of nitrogens with one attached hydrogen (secondary N) is 2. The molecule has 0 bridgehead atoms. The molecule has 4 aromatic rings. The Morgan fingerprint density at radius 3 is 1.36 bits per heavy atom. The van der Waals surface area contributed by atoms with Crippen LogP contribution in [0.15, 0.2) is 107 Å². The Balaban J connectivity index is 1.57. The molecule has 0 atom stereocenters. The molecule has 168 valence electrons. The molecular formula is C26H24N2O4S. The Kier molecular flexibility index (Phi) is 6.51. The van der Waals surface area contributed by atoms with Crippen molar-refractivity contribution in [3.8, 4) is 11.5 Å². The van der Waals surface area contributed by atoms with Crippen molar-refractivity contribution in [3.05, 3.63) is 108 Å². The van der Waals surface area contributed by atoms with Gasteiger partial charge >= 0.3 is 0 Å². The van der Waals surface area contributed by atoms with Crippen molar-refractivity contribution >= 4 is 21.2 Å². The lowest BCUT2D eigenvalue weighted by Crippen LogP contribution is -2.06. The minimum atomic E-state index is -3.86. The van der Waals surface area contributed by atoms with Crippen LogP contribution in [0.25, 0.3) is 0 Å². The number of hydrogen-bond donors (Lipinski definition) is 4. The second kappa shape index (κ2) is 9.67. The average molecular weight is 461 g/mol. The van der Waals surface area contributed by atoms with E-state index in [1.807, 2.05) is 60.7 Å². The Morgan fingerprint density at radius 2 is 0.970 bits per heavy atom. The summed E-state index contributed by atoms with van der Waals surface area (Å²) < 4.78 is 26.6. The number of anilines is 2. The lowest BCUT2D eigenvalue weighted by atomic mass is 10.2. The summed E-state index contributed by atoms with van der Waals surface area (Å²) in [6, 6.07) is 27.4. The fraction of sp³-hybridized carbons (Fsp3) is 0.0769. The largest absolute Gasteiger partial charge is 0.508 e. The van der Waals surface area contributed by atoms with Crippen LogP contribution in [0.4, 0.5) is 11.4 Å². The molecule has 0 unspecified atom stereocenters.